The Morgan fingerprint density at radius 3 is 2.65 bits per heavy atom. The molecule has 2 aromatic rings. The summed E-state index contributed by atoms with van der Waals surface area (Å²) in [6.45, 7) is 2.13. The lowest BCUT2D eigenvalue weighted by Gasteiger charge is -2.12. The van der Waals surface area contributed by atoms with E-state index in [9.17, 15) is 4.79 Å². The molecule has 3 rings (SSSR count). The fraction of sp³-hybridized carbons (Fsp3) is 0.167. The Labute approximate surface area is 148 Å². The third kappa shape index (κ3) is 3.98. The summed E-state index contributed by atoms with van der Waals surface area (Å²) in [6.07, 6.45) is 2.93. The maximum absolute atomic E-state index is 12.1. The van der Waals surface area contributed by atoms with E-state index in [-0.39, 0.29) is 11.4 Å². The monoisotopic (exact) mass is 388 g/mol. The van der Waals surface area contributed by atoms with Crippen molar-refractivity contribution in [2.75, 3.05) is 5.32 Å². The molecule has 0 saturated carbocycles. The van der Waals surface area contributed by atoms with Gasteiger partial charge in [0.25, 0.3) is 5.91 Å². The van der Waals surface area contributed by atoms with E-state index in [1.54, 1.807) is 0 Å². The quantitative estimate of drug-likeness (QED) is 0.751. The molecule has 1 heterocycles. The van der Waals surface area contributed by atoms with Gasteiger partial charge in [0.1, 0.15) is 0 Å². The van der Waals surface area contributed by atoms with Gasteiger partial charge in [0, 0.05) is 10.2 Å². The molecule has 5 heteroatoms. The number of hydrogen-bond donors (Lipinski definition) is 2. The van der Waals surface area contributed by atoms with Crippen LogP contribution >= 0.6 is 27.7 Å². The van der Waals surface area contributed by atoms with E-state index < -0.39 is 0 Å². The highest BCUT2D eigenvalue weighted by Crippen LogP contribution is 2.31. The number of nitrogens with one attached hydrogen (secondary N) is 2. The lowest BCUT2D eigenvalue weighted by Crippen LogP contribution is -2.30. The Morgan fingerprint density at radius 2 is 1.96 bits per heavy atom. The van der Waals surface area contributed by atoms with Crippen LogP contribution in [0.5, 0.6) is 0 Å². The molecule has 1 saturated heterocycles. The van der Waals surface area contributed by atoms with E-state index in [4.69, 9.17) is 0 Å². The van der Waals surface area contributed by atoms with Crippen LogP contribution in [0.2, 0.25) is 0 Å². The molecule has 0 bridgehead atoms. The first-order valence-corrected chi connectivity index (χ1v) is 9.12. The molecule has 1 fully saturated rings. The van der Waals surface area contributed by atoms with Gasteiger partial charge < -0.3 is 10.6 Å². The zero-order chi connectivity index (χ0) is 16.2. The summed E-state index contributed by atoms with van der Waals surface area (Å²) in [7, 11) is 0. The van der Waals surface area contributed by atoms with Gasteiger partial charge in [0.05, 0.1) is 4.91 Å². The maximum atomic E-state index is 12.1. The largest absolute Gasteiger partial charge is 0.357 e. The van der Waals surface area contributed by atoms with Gasteiger partial charge in [0.15, 0.2) is 5.50 Å². The van der Waals surface area contributed by atoms with Crippen LogP contribution in [0.4, 0.5) is 5.69 Å². The van der Waals surface area contributed by atoms with E-state index in [2.05, 4.69) is 45.6 Å². The summed E-state index contributed by atoms with van der Waals surface area (Å²) in [5.41, 5.74) is 3.15. The average Bonchev–Trinajstić information content (AvgIpc) is 2.90. The summed E-state index contributed by atoms with van der Waals surface area (Å²) < 4.78 is 0.979. The minimum atomic E-state index is -0.149. The smallest absolute Gasteiger partial charge is 0.260 e. The van der Waals surface area contributed by atoms with Crippen LogP contribution in [0, 0.1) is 0 Å². The first-order chi connectivity index (χ1) is 11.2. The van der Waals surface area contributed by atoms with E-state index in [0.717, 1.165) is 22.1 Å². The standard InChI is InChI=1S/C18H17BrN2OS/c1-2-12-7-9-14(10-8-12)20-18-21-17(22)16(23-18)11-13-5-3-4-6-15(13)19/h3-11,18,20H,2H2,1H3,(H,21,22). The van der Waals surface area contributed by atoms with Crippen molar-refractivity contribution in [2.24, 2.45) is 0 Å². The van der Waals surface area contributed by atoms with Crippen LogP contribution in [0.15, 0.2) is 57.9 Å². The molecule has 0 radical (unpaired) electrons. The number of hydrogen-bond acceptors (Lipinski definition) is 3. The van der Waals surface area contributed by atoms with Gasteiger partial charge >= 0.3 is 0 Å². The van der Waals surface area contributed by atoms with Crippen LogP contribution in [0.25, 0.3) is 6.08 Å². The van der Waals surface area contributed by atoms with E-state index in [1.165, 1.54) is 17.3 Å². The third-order valence-corrected chi connectivity index (χ3v) is 5.33. The third-order valence-electron chi connectivity index (χ3n) is 3.58. The van der Waals surface area contributed by atoms with Crippen LogP contribution in [-0.2, 0) is 11.2 Å². The number of anilines is 1. The lowest BCUT2D eigenvalue weighted by atomic mass is 10.1. The van der Waals surface area contributed by atoms with Gasteiger partial charge in [-0.1, -0.05) is 64.9 Å². The van der Waals surface area contributed by atoms with E-state index in [1.807, 2.05) is 42.5 Å². The Kier molecular flexibility index (Phi) is 5.08. The number of halogens is 1. The summed E-state index contributed by atoms with van der Waals surface area (Å²) in [5.74, 6) is -0.0477. The normalized spacial score (nSPS) is 19.0. The molecule has 1 unspecified atom stereocenters. The lowest BCUT2D eigenvalue weighted by molar-refractivity contribution is -0.116. The number of amides is 1. The number of rotatable bonds is 4. The van der Waals surface area contributed by atoms with Crippen molar-refractivity contribution in [3.8, 4) is 0 Å². The van der Waals surface area contributed by atoms with Crippen LogP contribution in [-0.4, -0.2) is 11.4 Å². The van der Waals surface area contributed by atoms with Gasteiger partial charge in [-0.3, -0.25) is 4.79 Å². The maximum Gasteiger partial charge on any atom is 0.260 e. The first-order valence-electron chi connectivity index (χ1n) is 7.45. The molecule has 3 nitrogen and oxygen atoms in total. The van der Waals surface area contributed by atoms with Crippen LogP contribution in [0.1, 0.15) is 18.1 Å². The fourth-order valence-corrected chi connectivity index (χ4v) is 3.66. The second-order valence-corrected chi connectivity index (χ2v) is 7.20. The number of benzene rings is 2. The Balaban J connectivity index is 1.70. The minimum Gasteiger partial charge on any atom is -0.357 e. The molecular weight excluding hydrogens is 372 g/mol. The predicted octanol–water partition coefficient (Wildman–Crippen LogP) is 4.61. The van der Waals surface area contributed by atoms with Crippen molar-refractivity contribution in [3.63, 3.8) is 0 Å². The van der Waals surface area contributed by atoms with Crippen LogP contribution in [0.3, 0.4) is 0 Å². The average molecular weight is 389 g/mol. The molecular formula is C18H17BrN2OS. The molecule has 1 aliphatic heterocycles. The molecule has 118 valence electrons. The number of carbonyl (C=O) groups excluding carboxylic acids is 1. The molecule has 0 aromatic heterocycles. The van der Waals surface area contributed by atoms with Crippen molar-refractivity contribution in [3.05, 3.63) is 69.0 Å². The van der Waals surface area contributed by atoms with Crippen molar-refractivity contribution in [1.29, 1.82) is 0 Å². The molecule has 1 aliphatic rings. The van der Waals surface area contributed by atoms with E-state index >= 15 is 0 Å². The summed E-state index contributed by atoms with van der Waals surface area (Å²) >= 11 is 5.00. The number of aryl methyl sites for hydroxylation is 1. The summed E-state index contributed by atoms with van der Waals surface area (Å²) in [5, 5.41) is 6.28. The Hall–Kier alpha value is -1.72. The van der Waals surface area contributed by atoms with Gasteiger partial charge in [-0.2, -0.15) is 0 Å². The SMILES string of the molecule is CCc1ccc(NC2NC(=O)C(=Cc3ccccc3Br)S2)cc1. The highest BCUT2D eigenvalue weighted by Gasteiger charge is 2.27. The molecule has 1 amide bonds. The van der Waals surface area contributed by atoms with Crippen molar-refractivity contribution in [1.82, 2.24) is 5.32 Å². The van der Waals surface area contributed by atoms with Gasteiger partial charge in [-0.15, -0.1) is 0 Å². The minimum absolute atomic E-state index is 0.0477. The molecule has 2 aromatic carbocycles. The zero-order valence-corrected chi connectivity index (χ0v) is 15.1. The second-order valence-electron chi connectivity index (χ2n) is 5.20. The topological polar surface area (TPSA) is 41.1 Å². The fourth-order valence-electron chi connectivity index (χ4n) is 2.29. The van der Waals surface area contributed by atoms with Crippen molar-refractivity contribution in [2.45, 2.75) is 18.8 Å². The summed E-state index contributed by atoms with van der Waals surface area (Å²) in [6, 6.07) is 16.1. The number of carbonyl (C=O) groups is 1. The second kappa shape index (κ2) is 7.23. The van der Waals surface area contributed by atoms with Crippen molar-refractivity contribution >= 4 is 45.4 Å². The highest BCUT2D eigenvalue weighted by molar-refractivity contribution is 9.10. The molecule has 0 spiro atoms. The van der Waals surface area contributed by atoms with Crippen LogP contribution < -0.4 is 10.6 Å². The predicted molar refractivity (Wildman–Crippen MR) is 101 cm³/mol. The number of thioether (sulfide) groups is 1. The molecule has 0 aliphatic carbocycles. The van der Waals surface area contributed by atoms with Gasteiger partial charge in [-0.05, 0) is 41.8 Å². The first kappa shape index (κ1) is 16.1. The molecule has 1 atom stereocenters. The Bertz CT molecular complexity index is 743. The van der Waals surface area contributed by atoms with Crippen molar-refractivity contribution < 1.29 is 4.79 Å². The van der Waals surface area contributed by atoms with E-state index in [0.29, 0.717) is 4.91 Å². The molecule has 2 N–H and O–H groups in total. The zero-order valence-electron chi connectivity index (χ0n) is 12.7. The van der Waals surface area contributed by atoms with Gasteiger partial charge in [0.2, 0.25) is 0 Å². The summed E-state index contributed by atoms with van der Waals surface area (Å²) in [4.78, 5) is 12.8. The highest BCUT2D eigenvalue weighted by atomic mass is 79.9. The molecule has 23 heavy (non-hydrogen) atoms. The Morgan fingerprint density at radius 1 is 1.22 bits per heavy atom. The van der Waals surface area contributed by atoms with Gasteiger partial charge in [-0.25, -0.2) is 0 Å².